The van der Waals surface area contributed by atoms with Crippen molar-refractivity contribution in [2.45, 2.75) is 24.6 Å². The standard InChI is InChI=1S/C11H12N2OS/c1-8-6-12-9(2)11(13-8)15-7-10-4-3-5-14-10/h3-6H,7H2,1-2H3. The van der Waals surface area contributed by atoms with Crippen molar-refractivity contribution < 1.29 is 4.42 Å². The summed E-state index contributed by atoms with van der Waals surface area (Å²) in [6, 6.07) is 3.86. The Bertz CT molecular complexity index is 440. The van der Waals surface area contributed by atoms with Gasteiger partial charge in [-0.2, -0.15) is 0 Å². The quantitative estimate of drug-likeness (QED) is 0.745. The number of thioether (sulfide) groups is 1. The zero-order chi connectivity index (χ0) is 10.7. The molecule has 0 aromatic carbocycles. The molecular weight excluding hydrogens is 208 g/mol. The summed E-state index contributed by atoms with van der Waals surface area (Å²) in [5.74, 6) is 1.76. The van der Waals surface area contributed by atoms with Gasteiger partial charge in [-0.3, -0.25) is 4.98 Å². The van der Waals surface area contributed by atoms with Crippen molar-refractivity contribution in [3.05, 3.63) is 41.7 Å². The van der Waals surface area contributed by atoms with E-state index in [2.05, 4.69) is 9.97 Å². The van der Waals surface area contributed by atoms with Crippen molar-refractivity contribution >= 4 is 11.8 Å². The molecule has 0 fully saturated rings. The van der Waals surface area contributed by atoms with Crippen molar-refractivity contribution in [2.24, 2.45) is 0 Å². The van der Waals surface area contributed by atoms with E-state index < -0.39 is 0 Å². The number of aromatic nitrogens is 2. The van der Waals surface area contributed by atoms with Gasteiger partial charge in [-0.15, -0.1) is 0 Å². The largest absolute Gasteiger partial charge is 0.468 e. The van der Waals surface area contributed by atoms with Gasteiger partial charge in [-0.1, -0.05) is 11.8 Å². The number of rotatable bonds is 3. The number of hydrogen-bond donors (Lipinski definition) is 0. The predicted molar refractivity (Wildman–Crippen MR) is 59.8 cm³/mol. The Hall–Kier alpha value is -1.29. The van der Waals surface area contributed by atoms with Crippen LogP contribution in [-0.4, -0.2) is 9.97 Å². The van der Waals surface area contributed by atoms with Crippen molar-refractivity contribution in [1.82, 2.24) is 9.97 Å². The number of hydrogen-bond acceptors (Lipinski definition) is 4. The monoisotopic (exact) mass is 220 g/mol. The maximum atomic E-state index is 5.26. The Morgan fingerprint density at radius 2 is 2.27 bits per heavy atom. The Morgan fingerprint density at radius 1 is 1.40 bits per heavy atom. The van der Waals surface area contributed by atoms with Gasteiger partial charge in [0, 0.05) is 6.20 Å². The summed E-state index contributed by atoms with van der Waals surface area (Å²) in [5.41, 5.74) is 1.92. The molecule has 0 radical (unpaired) electrons. The first-order chi connectivity index (χ1) is 7.25. The summed E-state index contributed by atoms with van der Waals surface area (Å²) in [6.07, 6.45) is 3.47. The molecule has 0 aliphatic heterocycles. The lowest BCUT2D eigenvalue weighted by Gasteiger charge is -2.03. The van der Waals surface area contributed by atoms with Crippen LogP contribution in [0.2, 0.25) is 0 Å². The summed E-state index contributed by atoms with van der Waals surface area (Å²) in [6.45, 7) is 3.92. The molecule has 0 bridgehead atoms. The molecule has 2 heterocycles. The third-order valence-electron chi connectivity index (χ3n) is 1.96. The zero-order valence-electron chi connectivity index (χ0n) is 8.73. The average Bonchev–Trinajstić information content (AvgIpc) is 2.72. The van der Waals surface area contributed by atoms with Crippen molar-refractivity contribution in [3.8, 4) is 0 Å². The predicted octanol–water partition coefficient (Wildman–Crippen LogP) is 2.98. The van der Waals surface area contributed by atoms with Gasteiger partial charge in [-0.05, 0) is 26.0 Å². The van der Waals surface area contributed by atoms with E-state index in [0.29, 0.717) is 0 Å². The molecule has 4 heteroatoms. The second kappa shape index (κ2) is 4.49. The molecule has 3 nitrogen and oxygen atoms in total. The Labute approximate surface area is 92.9 Å². The minimum Gasteiger partial charge on any atom is -0.468 e. The molecular formula is C11H12N2OS. The van der Waals surface area contributed by atoms with Crippen LogP contribution in [0.1, 0.15) is 17.1 Å². The van der Waals surface area contributed by atoms with Crippen LogP contribution in [0.15, 0.2) is 34.0 Å². The van der Waals surface area contributed by atoms with Crippen LogP contribution in [0.3, 0.4) is 0 Å². The van der Waals surface area contributed by atoms with Crippen molar-refractivity contribution in [3.63, 3.8) is 0 Å². The van der Waals surface area contributed by atoms with Crippen LogP contribution in [0, 0.1) is 13.8 Å². The fourth-order valence-electron chi connectivity index (χ4n) is 1.19. The molecule has 2 rings (SSSR count). The van der Waals surface area contributed by atoms with Gasteiger partial charge in [0.1, 0.15) is 10.8 Å². The first-order valence-electron chi connectivity index (χ1n) is 4.71. The molecule has 0 aliphatic rings. The molecule has 15 heavy (non-hydrogen) atoms. The molecule has 0 unspecified atom stereocenters. The molecule has 0 N–H and O–H groups in total. The number of furan rings is 1. The van der Waals surface area contributed by atoms with E-state index in [-0.39, 0.29) is 0 Å². The van der Waals surface area contributed by atoms with Gasteiger partial charge >= 0.3 is 0 Å². The molecule has 2 aromatic heterocycles. The second-order valence-electron chi connectivity index (χ2n) is 3.27. The molecule has 0 saturated heterocycles. The van der Waals surface area contributed by atoms with Crippen molar-refractivity contribution in [1.29, 1.82) is 0 Å². The molecule has 0 atom stereocenters. The highest BCUT2D eigenvalue weighted by Crippen LogP contribution is 2.23. The van der Waals surface area contributed by atoms with Crippen LogP contribution >= 0.6 is 11.8 Å². The van der Waals surface area contributed by atoms with Gasteiger partial charge in [-0.25, -0.2) is 4.98 Å². The maximum Gasteiger partial charge on any atom is 0.118 e. The van der Waals surface area contributed by atoms with E-state index in [4.69, 9.17) is 4.42 Å². The summed E-state index contributed by atoms with van der Waals surface area (Å²) >= 11 is 1.65. The summed E-state index contributed by atoms with van der Waals surface area (Å²) < 4.78 is 5.26. The van der Waals surface area contributed by atoms with Gasteiger partial charge in [0.2, 0.25) is 0 Å². The lowest BCUT2D eigenvalue weighted by molar-refractivity contribution is 0.530. The van der Waals surface area contributed by atoms with Crippen LogP contribution in [0.4, 0.5) is 0 Å². The minimum absolute atomic E-state index is 0.798. The van der Waals surface area contributed by atoms with Crippen LogP contribution in [-0.2, 0) is 5.75 Å². The van der Waals surface area contributed by atoms with E-state index in [1.165, 1.54) is 0 Å². The summed E-state index contributed by atoms with van der Waals surface area (Å²) in [7, 11) is 0. The van der Waals surface area contributed by atoms with Gasteiger partial charge in [0.05, 0.1) is 23.4 Å². The van der Waals surface area contributed by atoms with Gasteiger partial charge < -0.3 is 4.42 Å². The Morgan fingerprint density at radius 3 is 3.00 bits per heavy atom. The lowest BCUT2D eigenvalue weighted by atomic mass is 10.4. The first kappa shape index (κ1) is 10.2. The van der Waals surface area contributed by atoms with Crippen LogP contribution in [0.5, 0.6) is 0 Å². The molecule has 0 amide bonds. The van der Waals surface area contributed by atoms with Crippen molar-refractivity contribution in [2.75, 3.05) is 0 Å². The fraction of sp³-hybridized carbons (Fsp3) is 0.273. The normalized spacial score (nSPS) is 10.5. The van der Waals surface area contributed by atoms with E-state index in [1.54, 1.807) is 24.2 Å². The van der Waals surface area contributed by atoms with E-state index in [9.17, 15) is 0 Å². The Balaban J connectivity index is 2.07. The molecule has 78 valence electrons. The highest BCUT2D eigenvalue weighted by Gasteiger charge is 2.04. The van der Waals surface area contributed by atoms with Gasteiger partial charge in [0.25, 0.3) is 0 Å². The first-order valence-corrected chi connectivity index (χ1v) is 5.69. The minimum atomic E-state index is 0.798. The molecule has 0 spiro atoms. The highest BCUT2D eigenvalue weighted by atomic mass is 32.2. The topological polar surface area (TPSA) is 38.9 Å². The smallest absolute Gasteiger partial charge is 0.118 e. The summed E-state index contributed by atoms with van der Waals surface area (Å²) in [5, 5.41) is 0.978. The Kier molecular flexibility index (Phi) is 3.06. The second-order valence-corrected chi connectivity index (χ2v) is 4.23. The molecule has 2 aromatic rings. The number of nitrogens with zero attached hydrogens (tertiary/aromatic N) is 2. The molecule has 0 aliphatic carbocycles. The third-order valence-corrected chi connectivity index (χ3v) is 3.05. The average molecular weight is 220 g/mol. The van der Waals surface area contributed by atoms with E-state index >= 15 is 0 Å². The number of aryl methyl sites for hydroxylation is 2. The third kappa shape index (κ3) is 2.59. The van der Waals surface area contributed by atoms with Crippen LogP contribution in [0.25, 0.3) is 0 Å². The highest BCUT2D eigenvalue weighted by molar-refractivity contribution is 7.98. The summed E-state index contributed by atoms with van der Waals surface area (Å²) in [4.78, 5) is 8.70. The molecule has 0 saturated carbocycles. The van der Waals surface area contributed by atoms with Crippen LogP contribution < -0.4 is 0 Å². The van der Waals surface area contributed by atoms with E-state index in [0.717, 1.165) is 27.9 Å². The zero-order valence-corrected chi connectivity index (χ0v) is 9.54. The van der Waals surface area contributed by atoms with E-state index in [1.807, 2.05) is 26.0 Å². The lowest BCUT2D eigenvalue weighted by Crippen LogP contribution is -1.92. The van der Waals surface area contributed by atoms with Gasteiger partial charge in [0.15, 0.2) is 0 Å². The SMILES string of the molecule is Cc1cnc(C)c(SCc2ccco2)n1. The fourth-order valence-corrected chi connectivity index (χ4v) is 2.10. The maximum absolute atomic E-state index is 5.26.